The summed E-state index contributed by atoms with van der Waals surface area (Å²) in [6.07, 6.45) is 1.83. The van der Waals surface area contributed by atoms with Crippen molar-refractivity contribution in [3.63, 3.8) is 0 Å². The first kappa shape index (κ1) is 18.8. The Balaban J connectivity index is 1.94. The molecule has 2 aromatic heterocycles. The Kier molecular flexibility index (Phi) is 4.81. The predicted molar refractivity (Wildman–Crippen MR) is 112 cm³/mol. The van der Waals surface area contributed by atoms with Gasteiger partial charge in [-0.2, -0.15) is 5.10 Å². The molecular formula is C21H19Cl2N3O2. The number of halogens is 2. The van der Waals surface area contributed by atoms with Gasteiger partial charge < -0.3 is 9.30 Å². The number of nitrogens with zero attached hydrogens (tertiary/aromatic N) is 3. The lowest BCUT2D eigenvalue weighted by Gasteiger charge is -2.08. The van der Waals surface area contributed by atoms with Gasteiger partial charge in [-0.05, 0) is 31.5 Å². The lowest BCUT2D eigenvalue weighted by atomic mass is 10.1. The van der Waals surface area contributed by atoms with Gasteiger partial charge >= 0.3 is 5.97 Å². The molecule has 2 aromatic carbocycles. The van der Waals surface area contributed by atoms with Gasteiger partial charge in [-0.1, -0.05) is 41.4 Å². The summed E-state index contributed by atoms with van der Waals surface area (Å²) in [5, 5.41) is 8.61. The van der Waals surface area contributed by atoms with Crippen LogP contribution in [-0.4, -0.2) is 26.9 Å². The van der Waals surface area contributed by atoms with Crippen molar-refractivity contribution >= 4 is 50.8 Å². The largest absolute Gasteiger partial charge is 0.461 e. The summed E-state index contributed by atoms with van der Waals surface area (Å²) in [7, 11) is 1.88. The van der Waals surface area contributed by atoms with Gasteiger partial charge in [0.25, 0.3) is 0 Å². The monoisotopic (exact) mass is 415 g/mol. The minimum absolute atomic E-state index is 0.325. The zero-order chi connectivity index (χ0) is 20.0. The van der Waals surface area contributed by atoms with E-state index in [4.69, 9.17) is 27.9 Å². The minimum atomic E-state index is -0.325. The average molecular weight is 416 g/mol. The number of hydrogen-bond acceptors (Lipinski definition) is 3. The van der Waals surface area contributed by atoms with E-state index in [9.17, 15) is 4.79 Å². The number of benzene rings is 2. The van der Waals surface area contributed by atoms with Crippen LogP contribution in [-0.2, 0) is 18.3 Å². The summed E-state index contributed by atoms with van der Waals surface area (Å²) in [6.45, 7) is 4.64. The molecule has 0 aliphatic carbocycles. The Morgan fingerprint density at radius 2 is 2.00 bits per heavy atom. The van der Waals surface area contributed by atoms with Crippen molar-refractivity contribution in [2.45, 2.75) is 20.4 Å². The van der Waals surface area contributed by atoms with Crippen LogP contribution in [0.2, 0.25) is 10.0 Å². The second-order valence-corrected chi connectivity index (χ2v) is 7.52. The Hall–Kier alpha value is -2.50. The number of rotatable bonds is 4. The average Bonchev–Trinajstić information content (AvgIpc) is 3.17. The van der Waals surface area contributed by atoms with Crippen molar-refractivity contribution < 1.29 is 9.53 Å². The molecule has 0 N–H and O–H groups in total. The molecule has 144 valence electrons. The highest BCUT2D eigenvalue weighted by atomic mass is 35.5. The van der Waals surface area contributed by atoms with Crippen molar-refractivity contribution in [3.05, 3.63) is 63.5 Å². The standard InChI is InChI=1S/C21H19Cl2N3O2/c1-4-28-21(27)20-16-8-6-13-10-24-26(19(13)18(16)12(2)25(20)3)11-14-5-7-15(22)9-17(14)23/h5-10H,4,11H2,1-3H3. The number of carbonyl (C=O) groups excluding carboxylic acids is 1. The zero-order valence-electron chi connectivity index (χ0n) is 15.8. The van der Waals surface area contributed by atoms with Gasteiger partial charge in [0.05, 0.1) is 24.9 Å². The molecular weight excluding hydrogens is 397 g/mol. The minimum Gasteiger partial charge on any atom is -0.461 e. The molecule has 5 nitrogen and oxygen atoms in total. The van der Waals surface area contributed by atoms with E-state index < -0.39 is 0 Å². The highest BCUT2D eigenvalue weighted by molar-refractivity contribution is 6.35. The second-order valence-electron chi connectivity index (χ2n) is 6.68. The molecule has 7 heteroatoms. The highest BCUT2D eigenvalue weighted by Gasteiger charge is 2.22. The summed E-state index contributed by atoms with van der Waals surface area (Å²) >= 11 is 12.4. The Morgan fingerprint density at radius 1 is 1.21 bits per heavy atom. The van der Waals surface area contributed by atoms with Crippen molar-refractivity contribution in [3.8, 4) is 0 Å². The maximum absolute atomic E-state index is 12.5. The molecule has 0 atom stereocenters. The van der Waals surface area contributed by atoms with Crippen LogP contribution in [0.15, 0.2) is 36.5 Å². The van der Waals surface area contributed by atoms with E-state index in [0.29, 0.717) is 28.9 Å². The lowest BCUT2D eigenvalue weighted by molar-refractivity contribution is 0.0517. The number of carbonyl (C=O) groups is 1. The molecule has 0 aliphatic heterocycles. The number of esters is 1. The summed E-state index contributed by atoms with van der Waals surface area (Å²) in [6, 6.07) is 9.38. The Morgan fingerprint density at radius 3 is 2.71 bits per heavy atom. The third-order valence-electron chi connectivity index (χ3n) is 5.06. The van der Waals surface area contributed by atoms with Crippen LogP contribution >= 0.6 is 23.2 Å². The third kappa shape index (κ3) is 2.95. The molecule has 0 saturated heterocycles. The number of fused-ring (bicyclic) bond motifs is 3. The summed E-state index contributed by atoms with van der Waals surface area (Å²) in [4.78, 5) is 12.5. The summed E-state index contributed by atoms with van der Waals surface area (Å²) in [5.41, 5.74) is 3.42. The topological polar surface area (TPSA) is 49.0 Å². The van der Waals surface area contributed by atoms with Gasteiger partial charge in [0, 0.05) is 38.9 Å². The van der Waals surface area contributed by atoms with Crippen LogP contribution in [0.25, 0.3) is 21.7 Å². The summed E-state index contributed by atoms with van der Waals surface area (Å²) < 4.78 is 9.06. The van der Waals surface area contributed by atoms with Crippen LogP contribution in [0.1, 0.15) is 28.7 Å². The van der Waals surface area contributed by atoms with Crippen LogP contribution < -0.4 is 0 Å². The molecule has 0 saturated carbocycles. The fourth-order valence-corrected chi connectivity index (χ4v) is 4.10. The van der Waals surface area contributed by atoms with Crippen LogP contribution in [0.3, 0.4) is 0 Å². The predicted octanol–water partition coefficient (Wildman–Crippen LogP) is 5.37. The Labute approximate surface area is 172 Å². The molecule has 0 bridgehead atoms. The normalized spacial score (nSPS) is 11.5. The number of hydrogen-bond donors (Lipinski definition) is 0. The first-order valence-electron chi connectivity index (χ1n) is 8.97. The molecule has 0 unspecified atom stereocenters. The number of ether oxygens (including phenoxy) is 1. The maximum Gasteiger partial charge on any atom is 0.355 e. The van der Waals surface area contributed by atoms with Gasteiger partial charge in [-0.25, -0.2) is 4.79 Å². The quantitative estimate of drug-likeness (QED) is 0.421. The molecule has 0 amide bonds. The first-order valence-corrected chi connectivity index (χ1v) is 9.72. The van der Waals surface area contributed by atoms with Crippen molar-refractivity contribution in [2.24, 2.45) is 7.05 Å². The number of aryl methyl sites for hydroxylation is 1. The van der Waals surface area contributed by atoms with E-state index in [2.05, 4.69) is 5.10 Å². The third-order valence-corrected chi connectivity index (χ3v) is 5.65. The molecule has 0 fully saturated rings. The highest BCUT2D eigenvalue weighted by Crippen LogP contribution is 2.33. The molecule has 0 spiro atoms. The van der Waals surface area contributed by atoms with E-state index in [0.717, 1.165) is 32.9 Å². The van der Waals surface area contributed by atoms with E-state index in [-0.39, 0.29) is 5.97 Å². The SMILES string of the molecule is CCOC(=O)c1c2ccc3cnn(Cc4ccc(Cl)cc4Cl)c3c2c(C)n1C. The van der Waals surface area contributed by atoms with E-state index in [1.807, 2.05) is 53.7 Å². The lowest BCUT2D eigenvalue weighted by Crippen LogP contribution is -2.10. The van der Waals surface area contributed by atoms with E-state index in [1.54, 1.807) is 13.0 Å². The van der Waals surface area contributed by atoms with Gasteiger partial charge in [0.15, 0.2) is 0 Å². The van der Waals surface area contributed by atoms with Crippen LogP contribution in [0, 0.1) is 6.92 Å². The molecule has 0 radical (unpaired) electrons. The molecule has 2 heterocycles. The van der Waals surface area contributed by atoms with Gasteiger partial charge in [-0.15, -0.1) is 0 Å². The van der Waals surface area contributed by atoms with E-state index >= 15 is 0 Å². The Bertz CT molecular complexity index is 1220. The summed E-state index contributed by atoms with van der Waals surface area (Å²) in [5.74, 6) is -0.325. The smallest absolute Gasteiger partial charge is 0.355 e. The maximum atomic E-state index is 12.5. The van der Waals surface area contributed by atoms with Crippen molar-refractivity contribution in [1.82, 2.24) is 14.3 Å². The van der Waals surface area contributed by atoms with Crippen LogP contribution in [0.4, 0.5) is 0 Å². The van der Waals surface area contributed by atoms with Crippen molar-refractivity contribution in [1.29, 1.82) is 0 Å². The fraction of sp³-hybridized carbons (Fsp3) is 0.238. The van der Waals surface area contributed by atoms with E-state index in [1.165, 1.54) is 0 Å². The van der Waals surface area contributed by atoms with Gasteiger partial charge in [0.1, 0.15) is 5.69 Å². The fourth-order valence-electron chi connectivity index (χ4n) is 3.64. The van der Waals surface area contributed by atoms with Crippen LogP contribution in [0.5, 0.6) is 0 Å². The second kappa shape index (κ2) is 7.15. The van der Waals surface area contributed by atoms with Gasteiger partial charge in [0.2, 0.25) is 0 Å². The molecule has 4 rings (SSSR count). The zero-order valence-corrected chi connectivity index (χ0v) is 17.3. The van der Waals surface area contributed by atoms with Gasteiger partial charge in [-0.3, -0.25) is 4.68 Å². The number of aromatic nitrogens is 3. The molecule has 4 aromatic rings. The first-order chi connectivity index (χ1) is 13.4. The molecule has 0 aliphatic rings. The van der Waals surface area contributed by atoms with Crippen molar-refractivity contribution in [2.75, 3.05) is 6.61 Å². The molecule has 28 heavy (non-hydrogen) atoms.